The molecule has 1 aliphatic heterocycles. The van der Waals surface area contributed by atoms with E-state index in [-0.39, 0.29) is 18.4 Å². The summed E-state index contributed by atoms with van der Waals surface area (Å²) in [6.07, 6.45) is 3.44. The third-order valence-corrected chi connectivity index (χ3v) is 5.54. The van der Waals surface area contributed by atoms with Crippen LogP contribution in [0.2, 0.25) is 0 Å². The molecule has 31 heavy (non-hydrogen) atoms. The third kappa shape index (κ3) is 7.43. The number of carbonyl (C=O) groups is 2. The molecule has 2 N–H and O–H groups in total. The van der Waals surface area contributed by atoms with E-state index >= 15 is 0 Å². The molecule has 166 valence electrons. The summed E-state index contributed by atoms with van der Waals surface area (Å²) in [6, 6.07) is 11.5. The van der Waals surface area contributed by atoms with E-state index in [0.29, 0.717) is 17.9 Å². The molecule has 0 aromatic heterocycles. The van der Waals surface area contributed by atoms with Gasteiger partial charge in [-0.3, -0.25) is 14.5 Å². The maximum absolute atomic E-state index is 13.2. The molecule has 3 rings (SSSR count). The molecule has 1 aliphatic rings. The van der Waals surface area contributed by atoms with Gasteiger partial charge >= 0.3 is 0 Å². The Kier molecular flexibility index (Phi) is 8.12. The lowest BCUT2D eigenvalue weighted by Gasteiger charge is -2.32. The van der Waals surface area contributed by atoms with E-state index in [1.165, 1.54) is 18.6 Å². The monoisotopic (exact) mass is 429 g/mol. The largest absolute Gasteiger partial charge is 0.352 e. The molecule has 2 amide bonds. The van der Waals surface area contributed by atoms with Crippen LogP contribution in [-0.2, 0) is 22.7 Å². The Morgan fingerprint density at radius 3 is 2.52 bits per heavy atom. The molecule has 0 radical (unpaired) electrons. The van der Waals surface area contributed by atoms with Gasteiger partial charge in [0, 0.05) is 38.7 Å². The first-order chi connectivity index (χ1) is 14.9. The fourth-order valence-electron chi connectivity index (χ4n) is 3.96. The lowest BCUT2D eigenvalue weighted by molar-refractivity contribution is -0.121. The molecule has 7 heteroatoms. The van der Waals surface area contributed by atoms with E-state index < -0.39 is 11.6 Å². The molecule has 5 nitrogen and oxygen atoms in total. The van der Waals surface area contributed by atoms with E-state index in [0.717, 1.165) is 56.7 Å². The lowest BCUT2D eigenvalue weighted by Crippen LogP contribution is -2.35. The van der Waals surface area contributed by atoms with Crippen LogP contribution in [0.15, 0.2) is 42.5 Å². The average Bonchev–Trinajstić information content (AvgIpc) is 2.74. The standard InChI is InChI=1S/C24H29F2N3O2/c1-17(30)28-21-8-4-19(5-9-21)16-29-12-2-3-18(15-29)7-11-24(31)27-14-20-6-10-22(25)23(26)13-20/h4-6,8-10,13,18H,2-3,7,11-12,14-16H2,1H3,(H,27,31)(H,28,30)/t18-/m0/s1. The van der Waals surface area contributed by atoms with Gasteiger partial charge in [-0.15, -0.1) is 0 Å². The van der Waals surface area contributed by atoms with Gasteiger partial charge in [0.15, 0.2) is 11.6 Å². The molecule has 0 bridgehead atoms. The topological polar surface area (TPSA) is 61.4 Å². The molecule has 1 atom stereocenters. The second kappa shape index (κ2) is 11.0. The zero-order valence-electron chi connectivity index (χ0n) is 17.8. The van der Waals surface area contributed by atoms with Crippen LogP contribution in [0, 0.1) is 17.6 Å². The van der Waals surface area contributed by atoms with Crippen LogP contribution in [0.3, 0.4) is 0 Å². The Morgan fingerprint density at radius 1 is 1.06 bits per heavy atom. The molecule has 0 spiro atoms. The highest BCUT2D eigenvalue weighted by Crippen LogP contribution is 2.23. The highest BCUT2D eigenvalue weighted by Gasteiger charge is 2.20. The molecule has 2 aromatic rings. The number of hydrogen-bond acceptors (Lipinski definition) is 3. The number of hydrogen-bond donors (Lipinski definition) is 2. The van der Waals surface area contributed by atoms with Crippen molar-refractivity contribution in [3.63, 3.8) is 0 Å². The SMILES string of the molecule is CC(=O)Nc1ccc(CN2CCC[C@@H](CCC(=O)NCc3ccc(F)c(F)c3)C2)cc1. The average molecular weight is 430 g/mol. The smallest absolute Gasteiger partial charge is 0.221 e. The van der Waals surface area contributed by atoms with Gasteiger partial charge in [0.2, 0.25) is 11.8 Å². The van der Waals surface area contributed by atoms with Crippen molar-refractivity contribution in [3.8, 4) is 0 Å². The number of nitrogens with one attached hydrogen (secondary N) is 2. The van der Waals surface area contributed by atoms with Crippen LogP contribution >= 0.6 is 0 Å². The van der Waals surface area contributed by atoms with Crippen LogP contribution in [-0.4, -0.2) is 29.8 Å². The number of halogens is 2. The molecule has 0 saturated carbocycles. The van der Waals surface area contributed by atoms with Gasteiger partial charge in [-0.05, 0) is 67.1 Å². The van der Waals surface area contributed by atoms with Crippen LogP contribution in [0.5, 0.6) is 0 Å². The third-order valence-electron chi connectivity index (χ3n) is 5.54. The first-order valence-corrected chi connectivity index (χ1v) is 10.7. The molecular weight excluding hydrogens is 400 g/mol. The maximum atomic E-state index is 13.2. The van der Waals surface area contributed by atoms with Gasteiger partial charge in [-0.1, -0.05) is 18.2 Å². The summed E-state index contributed by atoms with van der Waals surface area (Å²) in [5.41, 5.74) is 2.53. The Hall–Kier alpha value is -2.80. The fourth-order valence-corrected chi connectivity index (χ4v) is 3.96. The summed E-state index contributed by atoms with van der Waals surface area (Å²) in [7, 11) is 0. The summed E-state index contributed by atoms with van der Waals surface area (Å²) >= 11 is 0. The fraction of sp³-hybridized carbons (Fsp3) is 0.417. The van der Waals surface area contributed by atoms with Gasteiger partial charge < -0.3 is 10.6 Å². The van der Waals surface area contributed by atoms with Gasteiger partial charge in [-0.25, -0.2) is 8.78 Å². The van der Waals surface area contributed by atoms with E-state index in [2.05, 4.69) is 15.5 Å². The number of likely N-dealkylation sites (tertiary alicyclic amines) is 1. The van der Waals surface area contributed by atoms with Crippen molar-refractivity contribution in [1.82, 2.24) is 10.2 Å². The van der Waals surface area contributed by atoms with Crippen LogP contribution in [0.4, 0.5) is 14.5 Å². The van der Waals surface area contributed by atoms with E-state index in [9.17, 15) is 18.4 Å². The van der Waals surface area contributed by atoms with Crippen molar-refractivity contribution in [1.29, 1.82) is 0 Å². The van der Waals surface area contributed by atoms with Crippen LogP contribution in [0.25, 0.3) is 0 Å². The second-order valence-electron chi connectivity index (χ2n) is 8.19. The number of nitrogens with zero attached hydrogens (tertiary/aromatic N) is 1. The van der Waals surface area contributed by atoms with E-state index in [4.69, 9.17) is 0 Å². The molecule has 1 heterocycles. The van der Waals surface area contributed by atoms with Crippen LogP contribution in [0.1, 0.15) is 43.7 Å². The molecule has 1 fully saturated rings. The Labute approximate surface area is 181 Å². The summed E-state index contributed by atoms with van der Waals surface area (Å²) in [5.74, 6) is -1.49. The number of rotatable bonds is 8. The van der Waals surface area contributed by atoms with Crippen molar-refractivity contribution < 1.29 is 18.4 Å². The number of benzene rings is 2. The molecule has 2 aromatic carbocycles. The van der Waals surface area contributed by atoms with Gasteiger partial charge in [-0.2, -0.15) is 0 Å². The predicted molar refractivity (Wildman–Crippen MR) is 116 cm³/mol. The highest BCUT2D eigenvalue weighted by molar-refractivity contribution is 5.88. The summed E-state index contributed by atoms with van der Waals surface area (Å²) < 4.78 is 26.2. The number of piperidine rings is 1. The van der Waals surface area contributed by atoms with Gasteiger partial charge in [0.25, 0.3) is 0 Å². The Morgan fingerprint density at radius 2 is 1.81 bits per heavy atom. The zero-order valence-corrected chi connectivity index (χ0v) is 17.8. The van der Waals surface area contributed by atoms with Crippen LogP contribution < -0.4 is 10.6 Å². The molecule has 0 aliphatic carbocycles. The first kappa shape index (κ1) is 22.9. The van der Waals surface area contributed by atoms with Gasteiger partial charge in [0.05, 0.1) is 0 Å². The minimum Gasteiger partial charge on any atom is -0.352 e. The minimum atomic E-state index is -0.904. The highest BCUT2D eigenvalue weighted by atomic mass is 19.2. The first-order valence-electron chi connectivity index (χ1n) is 10.7. The van der Waals surface area contributed by atoms with Crippen molar-refractivity contribution >= 4 is 17.5 Å². The summed E-state index contributed by atoms with van der Waals surface area (Å²) in [4.78, 5) is 25.7. The summed E-state index contributed by atoms with van der Waals surface area (Å²) in [6.45, 7) is 4.52. The van der Waals surface area contributed by atoms with Crippen molar-refractivity contribution in [2.75, 3.05) is 18.4 Å². The normalized spacial score (nSPS) is 16.7. The number of anilines is 1. The van der Waals surface area contributed by atoms with Crippen molar-refractivity contribution in [2.24, 2.45) is 5.92 Å². The quantitative estimate of drug-likeness (QED) is 0.660. The summed E-state index contributed by atoms with van der Waals surface area (Å²) in [5, 5.41) is 5.55. The lowest BCUT2D eigenvalue weighted by atomic mass is 9.93. The molecule has 1 saturated heterocycles. The van der Waals surface area contributed by atoms with Crippen molar-refractivity contribution in [3.05, 3.63) is 65.2 Å². The molecule has 0 unspecified atom stereocenters. The number of carbonyl (C=O) groups excluding carboxylic acids is 2. The molecular formula is C24H29F2N3O2. The Balaban J connectivity index is 1.40. The Bertz CT molecular complexity index is 902. The zero-order chi connectivity index (χ0) is 22.2. The van der Waals surface area contributed by atoms with Crippen molar-refractivity contribution in [2.45, 2.75) is 45.7 Å². The predicted octanol–water partition coefficient (Wildman–Crippen LogP) is 4.23. The second-order valence-corrected chi connectivity index (χ2v) is 8.19. The van der Waals surface area contributed by atoms with Gasteiger partial charge in [0.1, 0.15) is 0 Å². The maximum Gasteiger partial charge on any atom is 0.221 e. The van der Waals surface area contributed by atoms with E-state index in [1.807, 2.05) is 24.3 Å². The van der Waals surface area contributed by atoms with E-state index in [1.54, 1.807) is 0 Å². The number of amides is 2. The minimum absolute atomic E-state index is 0.0737.